The van der Waals surface area contributed by atoms with Crippen molar-refractivity contribution in [3.63, 3.8) is 0 Å². The Bertz CT molecular complexity index is 317. The maximum Gasteiger partial charge on any atom is 0.102 e. The lowest BCUT2D eigenvalue weighted by Crippen LogP contribution is -2.34. The van der Waals surface area contributed by atoms with Crippen LogP contribution in [0, 0.1) is 0 Å². The van der Waals surface area contributed by atoms with Crippen LogP contribution >= 0.6 is 0 Å². The summed E-state index contributed by atoms with van der Waals surface area (Å²) in [6, 6.07) is 0. The molecule has 1 unspecified atom stereocenters. The van der Waals surface area contributed by atoms with Crippen molar-refractivity contribution in [1.29, 1.82) is 0 Å². The lowest BCUT2D eigenvalue weighted by Gasteiger charge is -2.21. The molecule has 1 aliphatic rings. The van der Waals surface area contributed by atoms with Crippen molar-refractivity contribution in [1.82, 2.24) is 4.90 Å². The second-order valence-corrected chi connectivity index (χ2v) is 8.19. The molecule has 0 amide bonds. The molecule has 26 heavy (non-hydrogen) atoms. The van der Waals surface area contributed by atoms with Crippen LogP contribution in [0.4, 0.5) is 0 Å². The van der Waals surface area contributed by atoms with E-state index in [4.69, 9.17) is 5.73 Å². The van der Waals surface area contributed by atoms with Crippen molar-refractivity contribution in [2.45, 2.75) is 122 Å². The first-order chi connectivity index (χ1) is 12.9. The molecule has 0 aromatic rings. The van der Waals surface area contributed by atoms with E-state index < -0.39 is 0 Å². The summed E-state index contributed by atoms with van der Waals surface area (Å²) in [4.78, 5) is 7.00. The van der Waals surface area contributed by atoms with E-state index in [2.05, 4.69) is 23.0 Å². The van der Waals surface area contributed by atoms with Gasteiger partial charge >= 0.3 is 0 Å². The van der Waals surface area contributed by atoms with Gasteiger partial charge in [0.05, 0.1) is 0 Å². The van der Waals surface area contributed by atoms with Crippen LogP contribution in [0.2, 0.25) is 0 Å². The normalized spacial score (nSPS) is 17.4. The Labute approximate surface area is 164 Å². The van der Waals surface area contributed by atoms with Gasteiger partial charge in [0, 0.05) is 25.8 Å². The topological polar surface area (TPSA) is 41.6 Å². The van der Waals surface area contributed by atoms with Crippen molar-refractivity contribution in [2.75, 3.05) is 19.6 Å². The van der Waals surface area contributed by atoms with E-state index in [9.17, 15) is 0 Å². The Hall–Kier alpha value is -0.410. The van der Waals surface area contributed by atoms with Crippen LogP contribution in [0.5, 0.6) is 0 Å². The average molecular weight is 366 g/mol. The number of hydrogen-bond acceptors (Lipinski definition) is 3. The Morgan fingerprint density at radius 1 is 0.769 bits per heavy atom. The van der Waals surface area contributed by atoms with Crippen molar-refractivity contribution >= 4 is 6.21 Å². The lowest BCUT2D eigenvalue weighted by molar-refractivity contribution is 0.241. The summed E-state index contributed by atoms with van der Waals surface area (Å²) >= 11 is 0. The van der Waals surface area contributed by atoms with Crippen LogP contribution in [0.3, 0.4) is 0 Å². The average Bonchev–Trinajstić information content (AvgIpc) is 3.09. The van der Waals surface area contributed by atoms with Gasteiger partial charge in [-0.15, -0.1) is 0 Å². The van der Waals surface area contributed by atoms with Crippen LogP contribution in [0.25, 0.3) is 0 Å². The second-order valence-electron chi connectivity index (χ2n) is 8.19. The maximum atomic E-state index is 5.66. The first kappa shape index (κ1) is 23.6. The second kappa shape index (κ2) is 18.0. The molecule has 0 radical (unpaired) electrons. The molecule has 0 spiro atoms. The Morgan fingerprint density at radius 3 is 1.69 bits per heavy atom. The molecule has 2 N–H and O–H groups in total. The zero-order chi connectivity index (χ0) is 18.7. The highest BCUT2D eigenvalue weighted by atomic mass is 15.3. The zero-order valence-electron chi connectivity index (χ0n) is 17.8. The first-order valence-corrected chi connectivity index (χ1v) is 11.8. The highest BCUT2D eigenvalue weighted by molar-refractivity contribution is 5.62. The number of rotatable bonds is 19. The molecule has 3 nitrogen and oxygen atoms in total. The minimum absolute atomic E-state index is 0.421. The maximum absolute atomic E-state index is 5.66. The monoisotopic (exact) mass is 365 g/mol. The fourth-order valence-corrected chi connectivity index (χ4v) is 4.03. The fourth-order valence-electron chi connectivity index (χ4n) is 4.03. The summed E-state index contributed by atoms with van der Waals surface area (Å²) in [5, 5.41) is 0. The van der Waals surface area contributed by atoms with E-state index in [-0.39, 0.29) is 0 Å². The highest BCUT2D eigenvalue weighted by Crippen LogP contribution is 2.17. The number of nitrogens with two attached hydrogens (primary N) is 1. The van der Waals surface area contributed by atoms with Gasteiger partial charge in [0.1, 0.15) is 6.17 Å². The summed E-state index contributed by atoms with van der Waals surface area (Å²) in [5.41, 5.74) is 5.66. The van der Waals surface area contributed by atoms with E-state index in [1.165, 1.54) is 109 Å². The Morgan fingerprint density at radius 2 is 1.23 bits per heavy atom. The molecule has 0 saturated heterocycles. The first-order valence-electron chi connectivity index (χ1n) is 11.8. The van der Waals surface area contributed by atoms with Gasteiger partial charge in [-0.1, -0.05) is 103 Å². The minimum Gasteiger partial charge on any atom is -0.329 e. The van der Waals surface area contributed by atoms with Crippen molar-refractivity contribution < 1.29 is 0 Å². The molecule has 1 aliphatic heterocycles. The molecular formula is C23H47N3. The highest BCUT2D eigenvalue weighted by Gasteiger charge is 2.19. The molecule has 1 rings (SSSR count). The number of unbranched alkanes of at least 4 members (excludes halogenated alkanes) is 15. The van der Waals surface area contributed by atoms with Crippen LogP contribution < -0.4 is 5.73 Å². The van der Waals surface area contributed by atoms with E-state index >= 15 is 0 Å². The number of nitrogens with zero attached hydrogens (tertiary/aromatic N) is 2. The van der Waals surface area contributed by atoms with Gasteiger partial charge < -0.3 is 5.73 Å². The predicted octanol–water partition coefficient (Wildman–Crippen LogP) is 6.31. The van der Waals surface area contributed by atoms with E-state index in [1.807, 2.05) is 0 Å². The standard InChI is InChI=1S/C23H47N3/c1-2-3-4-5-6-7-8-9-10-11-12-13-14-15-16-17-18-23-25-20-22-26(23)21-19-24/h20,23H,2-19,21-22,24H2,1H3. The zero-order valence-corrected chi connectivity index (χ0v) is 17.8. The van der Waals surface area contributed by atoms with Crippen molar-refractivity contribution in [2.24, 2.45) is 10.7 Å². The third-order valence-electron chi connectivity index (χ3n) is 5.75. The fraction of sp³-hybridized carbons (Fsp3) is 0.957. The van der Waals surface area contributed by atoms with Crippen LogP contribution in [0.15, 0.2) is 4.99 Å². The van der Waals surface area contributed by atoms with Crippen LogP contribution in [-0.2, 0) is 0 Å². The van der Waals surface area contributed by atoms with Crippen molar-refractivity contribution in [3.8, 4) is 0 Å². The van der Waals surface area contributed by atoms with Gasteiger partial charge in [-0.2, -0.15) is 0 Å². The lowest BCUT2D eigenvalue weighted by atomic mass is 10.0. The van der Waals surface area contributed by atoms with Gasteiger partial charge in [-0.3, -0.25) is 9.89 Å². The van der Waals surface area contributed by atoms with Gasteiger partial charge in [-0.05, 0) is 12.8 Å². The van der Waals surface area contributed by atoms with E-state index in [1.54, 1.807) is 0 Å². The molecule has 0 aromatic heterocycles. The van der Waals surface area contributed by atoms with Gasteiger partial charge in [-0.25, -0.2) is 0 Å². The third kappa shape index (κ3) is 12.9. The smallest absolute Gasteiger partial charge is 0.102 e. The van der Waals surface area contributed by atoms with Gasteiger partial charge in [0.2, 0.25) is 0 Å². The van der Waals surface area contributed by atoms with Crippen molar-refractivity contribution in [3.05, 3.63) is 0 Å². The van der Waals surface area contributed by atoms with Crippen LogP contribution in [0.1, 0.15) is 116 Å². The molecule has 0 fully saturated rings. The summed E-state index contributed by atoms with van der Waals surface area (Å²) in [6.07, 6.45) is 26.6. The quantitative estimate of drug-likeness (QED) is 0.272. The summed E-state index contributed by atoms with van der Waals surface area (Å²) < 4.78 is 0. The Kier molecular flexibility index (Phi) is 16.3. The molecule has 154 valence electrons. The minimum atomic E-state index is 0.421. The number of aliphatic imine (C=N–C) groups is 1. The van der Waals surface area contributed by atoms with E-state index in [0.717, 1.165) is 19.6 Å². The Balaban J connectivity index is 1.74. The number of hydrogen-bond donors (Lipinski definition) is 1. The molecule has 1 heterocycles. The summed E-state index contributed by atoms with van der Waals surface area (Å²) in [7, 11) is 0. The van der Waals surface area contributed by atoms with Crippen LogP contribution in [-0.4, -0.2) is 36.9 Å². The molecule has 0 aliphatic carbocycles. The van der Waals surface area contributed by atoms with E-state index in [0.29, 0.717) is 6.17 Å². The molecular weight excluding hydrogens is 318 g/mol. The molecule has 0 aromatic carbocycles. The third-order valence-corrected chi connectivity index (χ3v) is 5.75. The molecule has 1 atom stereocenters. The molecule has 3 heteroatoms. The van der Waals surface area contributed by atoms with Gasteiger partial charge in [0.25, 0.3) is 0 Å². The molecule has 0 bridgehead atoms. The summed E-state index contributed by atoms with van der Waals surface area (Å²) in [5.74, 6) is 0. The SMILES string of the molecule is CCCCCCCCCCCCCCCCCCC1N=CCN1CCN. The largest absolute Gasteiger partial charge is 0.329 e. The molecule has 0 saturated carbocycles. The van der Waals surface area contributed by atoms with Gasteiger partial charge in [0.15, 0.2) is 0 Å². The predicted molar refractivity (Wildman–Crippen MR) is 117 cm³/mol. The summed E-state index contributed by atoms with van der Waals surface area (Å²) in [6.45, 7) is 5.03.